The predicted octanol–water partition coefficient (Wildman–Crippen LogP) is 3.83. The first-order chi connectivity index (χ1) is 14.5. The molecule has 0 atom stereocenters. The van der Waals surface area contributed by atoms with E-state index in [9.17, 15) is 9.59 Å². The summed E-state index contributed by atoms with van der Waals surface area (Å²) in [6.45, 7) is 0. The Morgan fingerprint density at radius 2 is 1.73 bits per heavy atom. The lowest BCUT2D eigenvalue weighted by molar-refractivity contribution is 0.829. The largest absolute Gasteiger partial charge is 0.325 e. The average Bonchev–Trinajstić information content (AvgIpc) is 3.09. The second-order valence-electron chi connectivity index (χ2n) is 6.38. The number of H-pyrrole nitrogens is 2. The number of hydrogen-bond acceptors (Lipinski definition) is 5. The van der Waals surface area contributed by atoms with Crippen LogP contribution in [0.2, 0.25) is 10.0 Å². The van der Waals surface area contributed by atoms with E-state index in [2.05, 4.69) is 20.2 Å². The minimum atomic E-state index is -0.566. The van der Waals surface area contributed by atoms with Crippen LogP contribution >= 0.6 is 35.0 Å². The first-order valence-corrected chi connectivity index (χ1v) is 10.6. The number of halogens is 2. The van der Waals surface area contributed by atoms with Crippen LogP contribution in [0.5, 0.6) is 0 Å². The molecule has 0 aliphatic carbocycles. The number of rotatable bonds is 6. The predicted molar refractivity (Wildman–Crippen MR) is 118 cm³/mol. The highest BCUT2D eigenvalue weighted by Gasteiger charge is 2.16. The van der Waals surface area contributed by atoms with Crippen LogP contribution in [0.25, 0.3) is 5.69 Å². The molecular formula is C20H15Cl2N5O2S. The van der Waals surface area contributed by atoms with Gasteiger partial charge in [-0.05, 0) is 35.9 Å². The van der Waals surface area contributed by atoms with Gasteiger partial charge in [0, 0.05) is 39.7 Å². The number of nitrogens with one attached hydrogen (secondary N) is 2. The van der Waals surface area contributed by atoms with Crippen molar-refractivity contribution in [1.82, 2.24) is 24.7 Å². The zero-order valence-corrected chi connectivity index (χ0v) is 17.8. The van der Waals surface area contributed by atoms with Crippen molar-refractivity contribution in [3.63, 3.8) is 0 Å². The minimum absolute atomic E-state index is 0.224. The van der Waals surface area contributed by atoms with E-state index < -0.39 is 11.2 Å². The highest BCUT2D eigenvalue weighted by Crippen LogP contribution is 2.29. The van der Waals surface area contributed by atoms with Crippen LogP contribution in [-0.2, 0) is 12.2 Å². The van der Waals surface area contributed by atoms with E-state index in [0.29, 0.717) is 32.5 Å². The van der Waals surface area contributed by atoms with Crippen molar-refractivity contribution in [1.29, 1.82) is 0 Å². The summed E-state index contributed by atoms with van der Waals surface area (Å²) in [5.41, 5.74) is 1.19. The molecule has 10 heteroatoms. The van der Waals surface area contributed by atoms with E-state index in [0.717, 1.165) is 11.3 Å². The molecule has 4 aromatic rings. The zero-order chi connectivity index (χ0) is 21.1. The molecule has 0 amide bonds. The Morgan fingerprint density at radius 3 is 2.47 bits per heavy atom. The molecule has 0 fully saturated rings. The number of nitrogens with zero attached hydrogens (tertiary/aromatic N) is 3. The third kappa shape index (κ3) is 4.67. The van der Waals surface area contributed by atoms with Crippen molar-refractivity contribution >= 4 is 35.0 Å². The number of thioether (sulfide) groups is 1. The van der Waals surface area contributed by atoms with Gasteiger partial charge in [-0.3, -0.25) is 14.3 Å². The summed E-state index contributed by atoms with van der Waals surface area (Å²) in [5.74, 6) is 1.17. The van der Waals surface area contributed by atoms with Gasteiger partial charge in [-0.1, -0.05) is 53.2 Å². The van der Waals surface area contributed by atoms with Gasteiger partial charge in [0.05, 0.1) is 0 Å². The van der Waals surface area contributed by atoms with Gasteiger partial charge in [0.1, 0.15) is 5.82 Å². The smallest absolute Gasteiger partial charge is 0.311 e. The number of benzene rings is 2. The minimum Gasteiger partial charge on any atom is -0.311 e. The van der Waals surface area contributed by atoms with Gasteiger partial charge in [0.25, 0.3) is 5.56 Å². The topological polar surface area (TPSA) is 96.4 Å². The molecule has 0 radical (unpaired) electrons. The van der Waals surface area contributed by atoms with Crippen LogP contribution < -0.4 is 11.2 Å². The van der Waals surface area contributed by atoms with Gasteiger partial charge >= 0.3 is 5.69 Å². The van der Waals surface area contributed by atoms with E-state index in [4.69, 9.17) is 23.2 Å². The van der Waals surface area contributed by atoms with E-state index >= 15 is 0 Å². The standard InChI is InChI=1S/C20H15Cl2N5O2S/c21-13-5-7-15(8-6-13)27-17(9-14-10-18(28)24-19(29)23-14)25-26-20(27)30-11-12-3-1-2-4-16(12)22/h1-8,10H,9,11H2,(H2,23,24,28,29). The maximum absolute atomic E-state index is 11.6. The summed E-state index contributed by atoms with van der Waals surface area (Å²) in [4.78, 5) is 28.0. The van der Waals surface area contributed by atoms with Gasteiger partial charge in [0.2, 0.25) is 0 Å². The zero-order valence-electron chi connectivity index (χ0n) is 15.4. The SMILES string of the molecule is O=c1cc(Cc2nnc(SCc3ccccc3Cl)n2-c2ccc(Cl)cc2)[nH]c(=O)[nH]1. The molecule has 0 aliphatic rings. The van der Waals surface area contributed by atoms with Gasteiger partial charge in [-0.2, -0.15) is 0 Å². The summed E-state index contributed by atoms with van der Waals surface area (Å²) < 4.78 is 1.87. The quantitative estimate of drug-likeness (QED) is 0.427. The third-order valence-corrected chi connectivity index (χ3v) is 5.86. The van der Waals surface area contributed by atoms with Crippen molar-refractivity contribution in [2.45, 2.75) is 17.3 Å². The normalized spacial score (nSPS) is 11.0. The fraction of sp³-hybridized carbons (Fsp3) is 0.100. The van der Waals surface area contributed by atoms with E-state index in [1.807, 2.05) is 41.0 Å². The van der Waals surface area contributed by atoms with Gasteiger partial charge in [-0.15, -0.1) is 10.2 Å². The molecule has 7 nitrogen and oxygen atoms in total. The van der Waals surface area contributed by atoms with Gasteiger partial charge < -0.3 is 4.98 Å². The molecular weight excluding hydrogens is 445 g/mol. The molecule has 2 N–H and O–H groups in total. The van der Waals surface area contributed by atoms with Crippen LogP contribution in [0.1, 0.15) is 17.1 Å². The molecule has 30 heavy (non-hydrogen) atoms. The monoisotopic (exact) mass is 459 g/mol. The Morgan fingerprint density at radius 1 is 0.967 bits per heavy atom. The Kier molecular flexibility index (Phi) is 6.08. The van der Waals surface area contributed by atoms with Crippen LogP contribution in [0.3, 0.4) is 0 Å². The lowest BCUT2D eigenvalue weighted by Crippen LogP contribution is -2.23. The van der Waals surface area contributed by atoms with Crippen molar-refractivity contribution in [3.8, 4) is 5.69 Å². The molecule has 0 saturated carbocycles. The Hall–Kier alpha value is -2.81. The highest BCUT2D eigenvalue weighted by atomic mass is 35.5. The van der Waals surface area contributed by atoms with Crippen molar-refractivity contribution in [2.24, 2.45) is 0 Å². The van der Waals surface area contributed by atoms with Crippen LogP contribution in [0.4, 0.5) is 0 Å². The van der Waals surface area contributed by atoms with Crippen molar-refractivity contribution < 1.29 is 0 Å². The lowest BCUT2D eigenvalue weighted by Gasteiger charge is -2.11. The molecule has 0 aliphatic heterocycles. The van der Waals surface area contributed by atoms with Gasteiger partial charge in [-0.25, -0.2) is 4.79 Å². The Bertz CT molecular complexity index is 1270. The molecule has 2 heterocycles. The lowest BCUT2D eigenvalue weighted by atomic mass is 10.2. The Labute approximate surface area is 185 Å². The first-order valence-electron chi connectivity index (χ1n) is 8.88. The molecule has 2 aromatic heterocycles. The van der Waals surface area contributed by atoms with Crippen LogP contribution in [-0.4, -0.2) is 24.7 Å². The molecule has 152 valence electrons. The third-order valence-electron chi connectivity index (χ3n) is 4.26. The molecule has 0 saturated heterocycles. The summed E-state index contributed by atoms with van der Waals surface area (Å²) in [5, 5.41) is 10.6. The number of aromatic amines is 2. The van der Waals surface area contributed by atoms with Gasteiger partial charge in [0.15, 0.2) is 5.16 Å². The molecule has 2 aromatic carbocycles. The average molecular weight is 460 g/mol. The number of hydrogen-bond donors (Lipinski definition) is 2. The maximum atomic E-state index is 11.6. The van der Waals surface area contributed by atoms with Crippen molar-refractivity contribution in [2.75, 3.05) is 0 Å². The van der Waals surface area contributed by atoms with E-state index in [1.165, 1.54) is 17.8 Å². The van der Waals surface area contributed by atoms with E-state index in [-0.39, 0.29) is 6.42 Å². The summed E-state index contributed by atoms with van der Waals surface area (Å²) in [7, 11) is 0. The molecule has 0 bridgehead atoms. The summed E-state index contributed by atoms with van der Waals surface area (Å²) >= 11 is 13.8. The molecule has 4 rings (SSSR count). The maximum Gasteiger partial charge on any atom is 0.325 e. The molecule has 0 spiro atoms. The summed E-state index contributed by atoms with van der Waals surface area (Å²) in [6.07, 6.45) is 0.224. The highest BCUT2D eigenvalue weighted by molar-refractivity contribution is 7.98. The van der Waals surface area contributed by atoms with Crippen molar-refractivity contribution in [3.05, 3.63) is 103 Å². The second kappa shape index (κ2) is 8.91. The summed E-state index contributed by atoms with van der Waals surface area (Å²) in [6, 6.07) is 16.2. The fourth-order valence-electron chi connectivity index (χ4n) is 2.90. The first kappa shape index (κ1) is 20.5. The van der Waals surface area contributed by atoms with E-state index in [1.54, 1.807) is 12.1 Å². The van der Waals surface area contributed by atoms with Crippen LogP contribution in [0.15, 0.2) is 69.3 Å². The Balaban J connectivity index is 1.71. The fourth-order valence-corrected chi connectivity index (χ4v) is 4.28. The second-order valence-corrected chi connectivity index (χ2v) is 8.17. The van der Waals surface area contributed by atoms with Crippen LogP contribution in [0, 0.1) is 0 Å². The molecule has 0 unspecified atom stereocenters. The number of aromatic nitrogens is 5.